The van der Waals surface area contributed by atoms with E-state index in [1.807, 2.05) is 24.3 Å². The highest BCUT2D eigenvalue weighted by atomic mass is 16.1. The number of pyridine rings is 1. The van der Waals surface area contributed by atoms with E-state index in [0.29, 0.717) is 17.4 Å². The number of likely N-dealkylation sites (N-methyl/N-ethyl adjacent to an activating group) is 1. The molecule has 4 aromatic rings. The van der Waals surface area contributed by atoms with E-state index in [2.05, 4.69) is 56.8 Å². The van der Waals surface area contributed by atoms with E-state index in [4.69, 9.17) is 0 Å². The highest BCUT2D eigenvalue weighted by Crippen LogP contribution is 2.31. The Kier molecular flexibility index (Phi) is 4.88. The number of fused-ring (bicyclic) bond motifs is 2. The van der Waals surface area contributed by atoms with Crippen LogP contribution in [0.1, 0.15) is 34.5 Å². The summed E-state index contributed by atoms with van der Waals surface area (Å²) in [4.78, 5) is 19.8. The summed E-state index contributed by atoms with van der Waals surface area (Å²) in [5, 5.41) is 14.3. The average Bonchev–Trinajstić information content (AvgIpc) is 3.25. The lowest BCUT2D eigenvalue weighted by molar-refractivity contribution is 0.102. The summed E-state index contributed by atoms with van der Waals surface area (Å²) < 4.78 is 0. The molecule has 1 amide bonds. The molecule has 3 N–H and O–H groups in total. The van der Waals surface area contributed by atoms with Gasteiger partial charge in [-0.2, -0.15) is 5.10 Å². The third-order valence-electron chi connectivity index (χ3n) is 6.01. The van der Waals surface area contributed by atoms with Crippen LogP contribution < -0.4 is 10.6 Å². The van der Waals surface area contributed by atoms with Crippen LogP contribution in [0.5, 0.6) is 0 Å². The van der Waals surface area contributed by atoms with Crippen LogP contribution in [0.3, 0.4) is 0 Å². The molecular formula is C24H24N6O. The van der Waals surface area contributed by atoms with Crippen LogP contribution in [-0.2, 0) is 6.42 Å². The lowest BCUT2D eigenvalue weighted by Crippen LogP contribution is -2.30. The van der Waals surface area contributed by atoms with Gasteiger partial charge in [-0.15, -0.1) is 0 Å². The van der Waals surface area contributed by atoms with Crippen molar-refractivity contribution in [3.8, 4) is 0 Å². The van der Waals surface area contributed by atoms with E-state index in [-0.39, 0.29) is 5.91 Å². The third-order valence-corrected chi connectivity index (χ3v) is 6.01. The van der Waals surface area contributed by atoms with Crippen molar-refractivity contribution in [2.45, 2.75) is 19.4 Å². The van der Waals surface area contributed by atoms with Gasteiger partial charge >= 0.3 is 0 Å². The van der Waals surface area contributed by atoms with E-state index < -0.39 is 0 Å². The molecule has 156 valence electrons. The second-order valence-corrected chi connectivity index (χ2v) is 7.97. The van der Waals surface area contributed by atoms with Gasteiger partial charge in [0.15, 0.2) is 0 Å². The predicted molar refractivity (Wildman–Crippen MR) is 123 cm³/mol. The molecule has 31 heavy (non-hydrogen) atoms. The molecule has 3 heterocycles. The highest BCUT2D eigenvalue weighted by molar-refractivity contribution is 6.08. The van der Waals surface area contributed by atoms with Crippen LogP contribution in [0.25, 0.3) is 10.9 Å². The molecular weight excluding hydrogens is 388 g/mol. The van der Waals surface area contributed by atoms with Crippen molar-refractivity contribution < 1.29 is 4.79 Å². The van der Waals surface area contributed by atoms with Gasteiger partial charge in [0.1, 0.15) is 5.82 Å². The quantitative estimate of drug-likeness (QED) is 0.459. The lowest BCUT2D eigenvalue weighted by atomic mass is 9.93. The molecule has 2 aromatic heterocycles. The molecule has 1 aliphatic rings. The highest BCUT2D eigenvalue weighted by Gasteiger charge is 2.21. The van der Waals surface area contributed by atoms with Crippen molar-refractivity contribution in [2.75, 3.05) is 24.2 Å². The van der Waals surface area contributed by atoms with Gasteiger partial charge in [0, 0.05) is 35.5 Å². The summed E-state index contributed by atoms with van der Waals surface area (Å²) in [5.74, 6) is 0.305. The Balaban J connectivity index is 1.39. The van der Waals surface area contributed by atoms with Crippen molar-refractivity contribution in [2.24, 2.45) is 0 Å². The molecule has 1 aliphatic heterocycles. The summed E-state index contributed by atoms with van der Waals surface area (Å²) in [6.07, 6.45) is 4.47. The van der Waals surface area contributed by atoms with Gasteiger partial charge in [0.2, 0.25) is 0 Å². The number of carbonyl (C=O) groups is 1. The molecule has 0 fully saturated rings. The Hall–Kier alpha value is -3.71. The van der Waals surface area contributed by atoms with Gasteiger partial charge in [-0.1, -0.05) is 6.07 Å². The summed E-state index contributed by atoms with van der Waals surface area (Å²) in [5.41, 5.74) is 5.63. The number of carbonyl (C=O) groups excluding carboxylic acids is 1. The molecule has 5 rings (SSSR count). The first-order valence-corrected chi connectivity index (χ1v) is 10.4. The van der Waals surface area contributed by atoms with Crippen molar-refractivity contribution in [1.82, 2.24) is 20.1 Å². The number of hydrogen-bond acceptors (Lipinski definition) is 5. The second-order valence-electron chi connectivity index (χ2n) is 7.97. The molecule has 7 nitrogen and oxygen atoms in total. The second kappa shape index (κ2) is 7.85. The van der Waals surface area contributed by atoms with E-state index >= 15 is 0 Å². The van der Waals surface area contributed by atoms with Crippen molar-refractivity contribution in [3.05, 3.63) is 77.6 Å². The first-order chi connectivity index (χ1) is 15.1. The monoisotopic (exact) mass is 412 g/mol. The van der Waals surface area contributed by atoms with Gasteiger partial charge in [-0.3, -0.25) is 14.8 Å². The Morgan fingerprint density at radius 1 is 1.16 bits per heavy atom. The Morgan fingerprint density at radius 2 is 2.03 bits per heavy atom. The summed E-state index contributed by atoms with van der Waals surface area (Å²) in [6.45, 7) is 3.25. The van der Waals surface area contributed by atoms with Gasteiger partial charge in [0.25, 0.3) is 5.91 Å². The van der Waals surface area contributed by atoms with Crippen LogP contribution in [0.15, 0.2) is 60.9 Å². The molecule has 0 saturated heterocycles. The maximum atomic E-state index is 13.1. The standard InChI is InChI=1S/C24H24N6O/c1-15-21-12-18(7-5-16(21)9-11-30(15)2)28-24(31)20-4-3-10-25-23(20)27-19-8-6-17-14-26-29-22(17)13-19/h3-8,10,12-15H,9,11H2,1-2H3,(H,25,27)(H,26,29)(H,28,31). The number of aromatic amines is 1. The first-order valence-electron chi connectivity index (χ1n) is 10.4. The number of anilines is 3. The number of rotatable bonds is 4. The molecule has 0 aliphatic carbocycles. The van der Waals surface area contributed by atoms with Crippen LogP contribution in [-0.4, -0.2) is 39.6 Å². The van der Waals surface area contributed by atoms with Crippen LogP contribution in [0.4, 0.5) is 17.2 Å². The molecule has 1 atom stereocenters. The fraction of sp³-hybridized carbons (Fsp3) is 0.208. The van der Waals surface area contributed by atoms with Gasteiger partial charge in [0.05, 0.1) is 17.3 Å². The summed E-state index contributed by atoms with van der Waals surface area (Å²) in [7, 11) is 2.13. The van der Waals surface area contributed by atoms with Gasteiger partial charge in [-0.05, 0) is 74.0 Å². The molecule has 2 aromatic carbocycles. The SMILES string of the molecule is CC1c2cc(NC(=O)c3cccnc3Nc3ccc4cn[nH]c4c3)ccc2CCN1C. The molecule has 0 saturated carbocycles. The van der Waals surface area contributed by atoms with Crippen molar-refractivity contribution >= 4 is 34.0 Å². The number of nitrogens with zero attached hydrogens (tertiary/aromatic N) is 3. The minimum atomic E-state index is -0.199. The smallest absolute Gasteiger partial charge is 0.259 e. The van der Waals surface area contributed by atoms with Gasteiger partial charge in [-0.25, -0.2) is 4.98 Å². The van der Waals surface area contributed by atoms with E-state index in [0.717, 1.165) is 35.2 Å². The summed E-state index contributed by atoms with van der Waals surface area (Å²) >= 11 is 0. The Morgan fingerprint density at radius 3 is 2.94 bits per heavy atom. The van der Waals surface area contributed by atoms with Crippen molar-refractivity contribution in [1.29, 1.82) is 0 Å². The number of H-pyrrole nitrogens is 1. The number of aromatic nitrogens is 3. The normalized spacial score (nSPS) is 16.1. The fourth-order valence-corrected chi connectivity index (χ4v) is 4.06. The fourth-order valence-electron chi connectivity index (χ4n) is 4.06. The minimum absolute atomic E-state index is 0.199. The molecule has 1 unspecified atom stereocenters. The number of benzene rings is 2. The number of amides is 1. The summed E-state index contributed by atoms with van der Waals surface area (Å²) in [6, 6.07) is 15.9. The maximum absolute atomic E-state index is 13.1. The van der Waals surface area contributed by atoms with E-state index in [9.17, 15) is 4.79 Å². The molecule has 0 radical (unpaired) electrons. The van der Waals surface area contributed by atoms with Crippen molar-refractivity contribution in [3.63, 3.8) is 0 Å². The van der Waals surface area contributed by atoms with Crippen LogP contribution in [0.2, 0.25) is 0 Å². The van der Waals surface area contributed by atoms with E-state index in [1.165, 1.54) is 11.1 Å². The number of nitrogens with one attached hydrogen (secondary N) is 3. The predicted octanol–water partition coefficient (Wildman–Crippen LogP) is 4.50. The maximum Gasteiger partial charge on any atom is 0.259 e. The largest absolute Gasteiger partial charge is 0.340 e. The molecule has 7 heteroatoms. The van der Waals surface area contributed by atoms with E-state index in [1.54, 1.807) is 24.5 Å². The zero-order chi connectivity index (χ0) is 21.4. The zero-order valence-electron chi connectivity index (χ0n) is 17.5. The Labute approximate surface area is 180 Å². The zero-order valence-corrected chi connectivity index (χ0v) is 17.5. The van der Waals surface area contributed by atoms with Gasteiger partial charge < -0.3 is 10.6 Å². The van der Waals surface area contributed by atoms with Crippen LogP contribution in [0, 0.1) is 0 Å². The first kappa shape index (κ1) is 19.3. The molecule has 0 bridgehead atoms. The molecule has 0 spiro atoms. The third kappa shape index (κ3) is 3.75. The minimum Gasteiger partial charge on any atom is -0.340 e. The lowest BCUT2D eigenvalue weighted by Gasteiger charge is -2.32. The van der Waals surface area contributed by atoms with Crippen LogP contribution >= 0.6 is 0 Å². The Bertz CT molecular complexity index is 1260. The topological polar surface area (TPSA) is 85.9 Å². The number of hydrogen-bond donors (Lipinski definition) is 3. The average molecular weight is 412 g/mol.